The zero-order chi connectivity index (χ0) is 38.4. The van der Waals surface area contributed by atoms with E-state index in [1.807, 2.05) is 24.3 Å². The van der Waals surface area contributed by atoms with Crippen LogP contribution < -0.4 is 51.4 Å². The molecule has 1 heterocycles. The summed E-state index contributed by atoms with van der Waals surface area (Å²) in [5, 5.41) is 17.8. The minimum atomic E-state index is 0. The molecule has 1 aliphatic heterocycles. The van der Waals surface area contributed by atoms with Crippen LogP contribution in [0.5, 0.6) is 0 Å². The number of nitrogens with zero attached hydrogens (tertiary/aromatic N) is 2. The Hall–Kier alpha value is -2.80. The Morgan fingerprint density at radius 2 is 0.911 bits per heavy atom. The van der Waals surface area contributed by atoms with E-state index in [0.29, 0.717) is 33.0 Å². The second-order valence-electron chi connectivity index (χ2n) is 13.2. The molecule has 8 heteroatoms. The van der Waals surface area contributed by atoms with Gasteiger partial charge in [0.05, 0.1) is 52.9 Å². The van der Waals surface area contributed by atoms with Crippen LogP contribution in [0.3, 0.4) is 0 Å². The minimum absolute atomic E-state index is 0. The molecule has 56 heavy (non-hydrogen) atoms. The van der Waals surface area contributed by atoms with Gasteiger partial charge in [0, 0.05) is 39.3 Å². The maximum Gasteiger partial charge on any atom is 1.00 e. The van der Waals surface area contributed by atoms with Crippen LogP contribution in [0.4, 0.5) is 0 Å². The average Bonchev–Trinajstić information content (AvgIpc) is 4.13. The number of hydrogen-bond acceptors (Lipinski definition) is 7. The summed E-state index contributed by atoms with van der Waals surface area (Å²) < 4.78 is 15.3. The van der Waals surface area contributed by atoms with Crippen LogP contribution in [-0.2, 0) is 46.8 Å². The third kappa shape index (κ3) is 22.2. The molecule has 5 aromatic rings. The Morgan fingerprint density at radius 1 is 0.500 bits per heavy atom. The predicted molar refractivity (Wildman–Crippen MR) is 222 cm³/mol. The summed E-state index contributed by atoms with van der Waals surface area (Å²) in [5.74, 6) is 0. The van der Waals surface area contributed by atoms with Crippen molar-refractivity contribution >= 4 is 0 Å². The van der Waals surface area contributed by atoms with Crippen molar-refractivity contribution < 1.29 is 75.8 Å². The number of aryl methyl sites for hydroxylation is 1. The van der Waals surface area contributed by atoms with Crippen LogP contribution in [0.1, 0.15) is 39.8 Å². The first-order valence-electron chi connectivity index (χ1n) is 19.4. The zero-order valence-electron chi connectivity index (χ0n) is 33.3. The maximum absolute atomic E-state index is 9.15. The largest absolute Gasteiger partial charge is 1.00 e. The Kier molecular flexibility index (Phi) is 26.5. The minimum Gasteiger partial charge on any atom is -0.395 e. The fourth-order valence-electron chi connectivity index (χ4n) is 5.81. The molecule has 0 saturated carbocycles. The molecule has 2 N–H and O–H groups in total. The molecule has 1 saturated heterocycles. The van der Waals surface area contributed by atoms with E-state index >= 15 is 0 Å². The number of aliphatic hydroxyl groups is 2. The van der Waals surface area contributed by atoms with Gasteiger partial charge in [-0.3, -0.25) is 9.80 Å². The smallest absolute Gasteiger partial charge is 0.395 e. The Bertz CT molecular complexity index is 1590. The second kappa shape index (κ2) is 31.2. The van der Waals surface area contributed by atoms with Gasteiger partial charge in [0.1, 0.15) is 0 Å². The second-order valence-corrected chi connectivity index (χ2v) is 13.2. The molecule has 1 aliphatic carbocycles. The number of fused-ring (bicyclic) bond motifs is 1. The van der Waals surface area contributed by atoms with Crippen molar-refractivity contribution in [2.75, 3.05) is 65.9 Å². The summed E-state index contributed by atoms with van der Waals surface area (Å²) >= 11 is 0. The van der Waals surface area contributed by atoms with E-state index < -0.39 is 0 Å². The molecule has 7 rings (SSSR count). The summed E-state index contributed by atoms with van der Waals surface area (Å²) in [6.45, 7) is 9.49. The fourth-order valence-corrected chi connectivity index (χ4v) is 5.81. The molecular formula is C48H59KN2O5. The predicted octanol–water partition coefficient (Wildman–Crippen LogP) is 4.76. The van der Waals surface area contributed by atoms with Crippen molar-refractivity contribution in [2.24, 2.45) is 0 Å². The molecule has 0 unspecified atom stereocenters. The van der Waals surface area contributed by atoms with E-state index in [0.717, 1.165) is 52.4 Å². The molecule has 0 amide bonds. The van der Waals surface area contributed by atoms with Crippen molar-refractivity contribution in [3.63, 3.8) is 0 Å². The van der Waals surface area contributed by atoms with Gasteiger partial charge in [-0.15, -0.1) is 23.8 Å². The molecular weight excluding hydrogens is 724 g/mol. The molecule has 2 aliphatic rings. The van der Waals surface area contributed by atoms with E-state index in [1.165, 1.54) is 39.8 Å². The monoisotopic (exact) mass is 782 g/mol. The molecule has 0 aromatic heterocycles. The Morgan fingerprint density at radius 3 is 1.32 bits per heavy atom. The van der Waals surface area contributed by atoms with Gasteiger partial charge in [0.25, 0.3) is 0 Å². The van der Waals surface area contributed by atoms with Gasteiger partial charge in [-0.2, -0.15) is 17.7 Å². The molecule has 0 spiro atoms. The first-order chi connectivity index (χ1) is 27.2. The van der Waals surface area contributed by atoms with Crippen molar-refractivity contribution in [3.05, 3.63) is 191 Å². The van der Waals surface area contributed by atoms with E-state index in [2.05, 4.69) is 148 Å². The summed E-state index contributed by atoms with van der Waals surface area (Å²) in [6.07, 6.45) is 7.68. The van der Waals surface area contributed by atoms with E-state index in [1.54, 1.807) is 0 Å². The van der Waals surface area contributed by atoms with Crippen LogP contribution in [0.2, 0.25) is 0 Å². The number of epoxide rings is 1. The molecule has 7 nitrogen and oxygen atoms in total. The summed E-state index contributed by atoms with van der Waals surface area (Å²) in [4.78, 5) is 4.64. The third-order valence-electron chi connectivity index (χ3n) is 8.61. The summed E-state index contributed by atoms with van der Waals surface area (Å²) in [7, 11) is 0. The first-order valence-corrected chi connectivity index (χ1v) is 19.4. The number of hydrogen-bond donors (Lipinski definition) is 2. The van der Waals surface area contributed by atoms with Crippen LogP contribution in [0, 0.1) is 6.08 Å². The SMILES string of the molecule is C1CO1.OCCN(Cc1ccccc1)Cc1ccccc1.OCCOCCOCCN(Cc1ccccc1)Cc1ccccc1.[C-]1=CCCc2ccccc21.[K+]. The number of rotatable bonds is 18. The first kappa shape index (κ1) is 47.6. The van der Waals surface area contributed by atoms with Crippen molar-refractivity contribution in [3.8, 4) is 0 Å². The molecule has 0 atom stereocenters. The number of ether oxygens (including phenoxy) is 3. The van der Waals surface area contributed by atoms with Crippen LogP contribution in [0.15, 0.2) is 152 Å². The summed E-state index contributed by atoms with van der Waals surface area (Å²) in [5.41, 5.74) is 7.88. The van der Waals surface area contributed by atoms with Gasteiger partial charge >= 0.3 is 51.4 Å². The molecule has 0 bridgehead atoms. The van der Waals surface area contributed by atoms with Crippen LogP contribution >= 0.6 is 0 Å². The van der Waals surface area contributed by atoms with Gasteiger partial charge < -0.3 is 24.4 Å². The molecule has 5 aromatic carbocycles. The number of benzene rings is 5. The van der Waals surface area contributed by atoms with E-state index in [-0.39, 0.29) is 64.6 Å². The van der Waals surface area contributed by atoms with Gasteiger partial charge in [0.2, 0.25) is 0 Å². The normalized spacial score (nSPS) is 12.1. The molecule has 292 valence electrons. The number of aliphatic hydroxyl groups excluding tert-OH is 2. The van der Waals surface area contributed by atoms with Crippen molar-refractivity contribution in [2.45, 2.75) is 39.0 Å². The van der Waals surface area contributed by atoms with Crippen LogP contribution in [0.25, 0.3) is 0 Å². The van der Waals surface area contributed by atoms with Gasteiger partial charge in [-0.05, 0) is 22.3 Å². The fraction of sp³-hybridized carbons (Fsp3) is 0.333. The van der Waals surface area contributed by atoms with E-state index in [9.17, 15) is 0 Å². The van der Waals surface area contributed by atoms with Gasteiger partial charge in [0.15, 0.2) is 0 Å². The number of allylic oxidation sites excluding steroid dienone is 1. The van der Waals surface area contributed by atoms with Gasteiger partial charge in [-0.1, -0.05) is 140 Å². The van der Waals surface area contributed by atoms with Gasteiger partial charge in [-0.25, -0.2) is 0 Å². The molecule has 1 fully saturated rings. The molecule has 0 radical (unpaired) electrons. The Labute approximate surface area is 378 Å². The summed E-state index contributed by atoms with van der Waals surface area (Å²) in [6, 6.07) is 50.2. The standard InChI is InChI=1S/C20H27NO3.C16H19NO.C10H9.C2H4O.K/c22-12-14-24-16-15-23-13-11-21(17-19-7-3-1-4-8-19)18-20-9-5-2-6-10-20;18-12-11-17(13-15-7-3-1-4-8-15)14-16-9-5-2-6-10-16;1-2-6-10-8-4-3-7-9(10)5-1;1-2-3-1;/h1-10,22H,11-18H2;1-10,18H,11-14H2;1-3,5-6H,4,8H2;1-2H2;/q;;-1;;+1. The van der Waals surface area contributed by atoms with Crippen molar-refractivity contribution in [1.29, 1.82) is 0 Å². The average molecular weight is 783 g/mol. The van der Waals surface area contributed by atoms with E-state index in [4.69, 9.17) is 19.7 Å². The third-order valence-corrected chi connectivity index (χ3v) is 8.61. The quantitative estimate of drug-likeness (QED) is 0.0576. The Balaban J connectivity index is 0.000000229. The zero-order valence-corrected chi connectivity index (χ0v) is 36.4. The van der Waals surface area contributed by atoms with Crippen LogP contribution in [-0.4, -0.2) is 86.0 Å². The topological polar surface area (TPSA) is 77.9 Å². The van der Waals surface area contributed by atoms with Crippen molar-refractivity contribution in [1.82, 2.24) is 9.80 Å². The maximum atomic E-state index is 9.15.